The van der Waals surface area contributed by atoms with Crippen molar-refractivity contribution in [1.82, 2.24) is 20.0 Å². The molecule has 0 saturated carbocycles. The number of nitrogens with zero attached hydrogens (tertiary/aromatic N) is 3. The van der Waals surface area contributed by atoms with Gasteiger partial charge in [0, 0.05) is 37.7 Å². The highest BCUT2D eigenvalue weighted by Crippen LogP contribution is 2.20. The minimum Gasteiger partial charge on any atom is -0.356 e. The molecule has 1 amide bonds. The zero-order valence-electron chi connectivity index (χ0n) is 17.5. The molecule has 1 aliphatic rings. The van der Waals surface area contributed by atoms with Gasteiger partial charge in [-0.15, -0.1) is 0 Å². The van der Waals surface area contributed by atoms with Crippen LogP contribution < -0.4 is 10.9 Å². The van der Waals surface area contributed by atoms with Crippen LogP contribution in [0.3, 0.4) is 0 Å². The van der Waals surface area contributed by atoms with Gasteiger partial charge in [-0.05, 0) is 37.3 Å². The van der Waals surface area contributed by atoms with Crippen molar-refractivity contribution in [2.45, 2.75) is 39.7 Å². The van der Waals surface area contributed by atoms with Crippen molar-refractivity contribution in [1.29, 1.82) is 0 Å². The van der Waals surface area contributed by atoms with Gasteiger partial charge >= 0.3 is 0 Å². The Morgan fingerprint density at radius 2 is 1.79 bits per heavy atom. The van der Waals surface area contributed by atoms with Crippen molar-refractivity contribution < 1.29 is 4.79 Å². The Hall–Kier alpha value is -2.47. The molecule has 0 unspecified atom stereocenters. The van der Waals surface area contributed by atoms with Gasteiger partial charge in [0.15, 0.2) is 0 Å². The maximum absolute atomic E-state index is 12.2. The molecule has 1 fully saturated rings. The zero-order chi connectivity index (χ0) is 20.6. The van der Waals surface area contributed by atoms with Crippen molar-refractivity contribution in [2.24, 2.45) is 11.8 Å². The second kappa shape index (κ2) is 10.3. The molecule has 1 N–H and O–H groups in total. The predicted octanol–water partition coefficient (Wildman–Crippen LogP) is 2.78. The average Bonchev–Trinajstić information content (AvgIpc) is 2.70. The van der Waals surface area contributed by atoms with Crippen LogP contribution in [-0.4, -0.2) is 46.8 Å². The molecule has 1 aromatic heterocycles. The third-order valence-corrected chi connectivity index (χ3v) is 5.40. The molecular weight excluding hydrogens is 364 g/mol. The topological polar surface area (TPSA) is 67.2 Å². The van der Waals surface area contributed by atoms with Crippen LogP contribution in [0.2, 0.25) is 0 Å². The first-order valence-corrected chi connectivity index (χ1v) is 10.6. The number of hydrogen-bond donors (Lipinski definition) is 1. The third-order valence-electron chi connectivity index (χ3n) is 5.40. The summed E-state index contributed by atoms with van der Waals surface area (Å²) in [7, 11) is 0. The van der Waals surface area contributed by atoms with Crippen LogP contribution in [-0.2, 0) is 11.3 Å². The monoisotopic (exact) mass is 396 g/mol. The van der Waals surface area contributed by atoms with E-state index in [4.69, 9.17) is 0 Å². The second-order valence-electron chi connectivity index (χ2n) is 8.31. The Morgan fingerprint density at radius 1 is 1.07 bits per heavy atom. The van der Waals surface area contributed by atoms with Crippen molar-refractivity contribution in [2.75, 3.05) is 26.2 Å². The second-order valence-corrected chi connectivity index (χ2v) is 8.31. The van der Waals surface area contributed by atoms with Gasteiger partial charge in [0.25, 0.3) is 5.56 Å². The van der Waals surface area contributed by atoms with Crippen LogP contribution in [0, 0.1) is 11.8 Å². The van der Waals surface area contributed by atoms with E-state index < -0.39 is 0 Å². The molecule has 2 atom stereocenters. The highest BCUT2D eigenvalue weighted by molar-refractivity contribution is 5.75. The molecular formula is C23H32N4O2. The summed E-state index contributed by atoms with van der Waals surface area (Å²) in [5, 5.41) is 7.38. The van der Waals surface area contributed by atoms with Gasteiger partial charge in [0.2, 0.25) is 5.91 Å². The van der Waals surface area contributed by atoms with Crippen molar-refractivity contribution in [3.63, 3.8) is 0 Å². The quantitative estimate of drug-likeness (QED) is 0.697. The summed E-state index contributed by atoms with van der Waals surface area (Å²) in [5.74, 6) is 1.47. The molecule has 2 aromatic rings. The smallest absolute Gasteiger partial charge is 0.266 e. The number of hydrogen-bond acceptors (Lipinski definition) is 4. The van der Waals surface area contributed by atoms with Gasteiger partial charge in [0.1, 0.15) is 0 Å². The van der Waals surface area contributed by atoms with E-state index in [1.807, 2.05) is 30.3 Å². The highest BCUT2D eigenvalue weighted by Gasteiger charge is 2.21. The van der Waals surface area contributed by atoms with Crippen molar-refractivity contribution in [3.8, 4) is 11.3 Å². The summed E-state index contributed by atoms with van der Waals surface area (Å²) in [6.45, 7) is 8.92. The van der Waals surface area contributed by atoms with Crippen LogP contribution in [0.4, 0.5) is 0 Å². The minimum absolute atomic E-state index is 0.0378. The number of aryl methyl sites for hydroxylation is 1. The Kier molecular flexibility index (Phi) is 7.58. The first-order valence-electron chi connectivity index (χ1n) is 10.6. The number of likely N-dealkylation sites (tertiary alicyclic amines) is 1. The molecule has 2 heterocycles. The lowest BCUT2D eigenvalue weighted by Crippen LogP contribution is -2.40. The molecule has 1 aromatic carbocycles. The van der Waals surface area contributed by atoms with E-state index in [2.05, 4.69) is 29.2 Å². The van der Waals surface area contributed by atoms with E-state index in [1.54, 1.807) is 6.07 Å². The molecule has 0 bridgehead atoms. The Balaban J connectivity index is 1.42. The van der Waals surface area contributed by atoms with E-state index in [9.17, 15) is 9.59 Å². The van der Waals surface area contributed by atoms with E-state index in [0.29, 0.717) is 6.54 Å². The lowest BCUT2D eigenvalue weighted by atomic mass is 9.92. The Bertz CT molecular complexity index is 839. The van der Waals surface area contributed by atoms with Gasteiger partial charge in [-0.2, -0.15) is 5.10 Å². The van der Waals surface area contributed by atoms with E-state index in [1.165, 1.54) is 17.2 Å². The average molecular weight is 397 g/mol. The van der Waals surface area contributed by atoms with Crippen LogP contribution in [0.5, 0.6) is 0 Å². The summed E-state index contributed by atoms with van der Waals surface area (Å²) in [4.78, 5) is 26.7. The van der Waals surface area contributed by atoms with Gasteiger partial charge in [-0.3, -0.25) is 9.59 Å². The normalized spacial score (nSPS) is 19.8. The number of aromatic nitrogens is 2. The number of carbonyl (C=O) groups is 1. The molecule has 6 nitrogen and oxygen atoms in total. The molecule has 0 aliphatic carbocycles. The van der Waals surface area contributed by atoms with Gasteiger partial charge in [-0.25, -0.2) is 4.68 Å². The number of benzene rings is 1. The van der Waals surface area contributed by atoms with Crippen molar-refractivity contribution in [3.05, 3.63) is 52.8 Å². The summed E-state index contributed by atoms with van der Waals surface area (Å²) in [6, 6.07) is 12.9. The molecule has 0 radical (unpaired) electrons. The Morgan fingerprint density at radius 3 is 2.52 bits per heavy atom. The molecule has 1 saturated heterocycles. The van der Waals surface area contributed by atoms with Crippen LogP contribution in [0.1, 0.15) is 33.1 Å². The number of amides is 1. The Labute approximate surface area is 172 Å². The number of nitrogens with one attached hydrogen (secondary N) is 1. The minimum atomic E-state index is -0.189. The highest BCUT2D eigenvalue weighted by atomic mass is 16.2. The number of carbonyl (C=O) groups excluding carboxylic acids is 1. The summed E-state index contributed by atoms with van der Waals surface area (Å²) in [6.07, 6.45) is 2.52. The molecule has 3 rings (SSSR count). The van der Waals surface area contributed by atoms with Crippen LogP contribution >= 0.6 is 0 Å². The third kappa shape index (κ3) is 6.53. The van der Waals surface area contributed by atoms with Gasteiger partial charge in [-0.1, -0.05) is 44.2 Å². The molecule has 156 valence electrons. The number of piperidine rings is 1. The first-order chi connectivity index (χ1) is 14.0. The standard InChI is InChI=1S/C23H32N4O2/c1-18-15-19(2)17-26(16-18)13-6-12-24-22(28)11-14-27-23(29)10-9-21(25-27)20-7-4-3-5-8-20/h3-5,7-10,18-19H,6,11-17H2,1-2H3,(H,24,28)/t18-,19+. The van der Waals surface area contributed by atoms with E-state index in [0.717, 1.165) is 49.1 Å². The van der Waals surface area contributed by atoms with Crippen LogP contribution in [0.25, 0.3) is 11.3 Å². The van der Waals surface area contributed by atoms with Crippen LogP contribution in [0.15, 0.2) is 47.3 Å². The molecule has 1 aliphatic heterocycles. The fraction of sp³-hybridized carbons (Fsp3) is 0.522. The van der Waals surface area contributed by atoms with Gasteiger partial charge < -0.3 is 10.2 Å². The lowest BCUT2D eigenvalue weighted by Gasteiger charge is -2.34. The predicted molar refractivity (Wildman–Crippen MR) is 116 cm³/mol. The van der Waals surface area contributed by atoms with Gasteiger partial charge in [0.05, 0.1) is 12.2 Å². The van der Waals surface area contributed by atoms with E-state index in [-0.39, 0.29) is 24.4 Å². The maximum Gasteiger partial charge on any atom is 0.266 e. The number of rotatable bonds is 8. The fourth-order valence-electron chi connectivity index (χ4n) is 4.17. The summed E-state index contributed by atoms with van der Waals surface area (Å²) < 4.78 is 1.37. The summed E-state index contributed by atoms with van der Waals surface area (Å²) in [5.41, 5.74) is 1.49. The van der Waals surface area contributed by atoms with Crippen molar-refractivity contribution >= 4 is 5.91 Å². The fourth-order valence-corrected chi connectivity index (χ4v) is 4.17. The molecule has 0 spiro atoms. The molecule has 29 heavy (non-hydrogen) atoms. The maximum atomic E-state index is 12.2. The zero-order valence-corrected chi connectivity index (χ0v) is 17.5. The SMILES string of the molecule is C[C@@H]1C[C@H](C)CN(CCCNC(=O)CCn2nc(-c3ccccc3)ccc2=O)C1. The lowest BCUT2D eigenvalue weighted by molar-refractivity contribution is -0.121. The summed E-state index contributed by atoms with van der Waals surface area (Å²) >= 11 is 0. The largest absolute Gasteiger partial charge is 0.356 e. The molecule has 6 heteroatoms. The first kappa shape index (κ1) is 21.2. The van der Waals surface area contributed by atoms with E-state index >= 15 is 0 Å².